The van der Waals surface area contributed by atoms with Crippen molar-refractivity contribution in [3.63, 3.8) is 0 Å². The Kier molecular flexibility index (Phi) is 3.05. The van der Waals surface area contributed by atoms with E-state index in [4.69, 9.17) is 0 Å². The minimum absolute atomic E-state index is 0.0591. The van der Waals surface area contributed by atoms with Crippen LogP contribution < -0.4 is 0 Å². The van der Waals surface area contributed by atoms with Crippen molar-refractivity contribution >= 4 is 22.8 Å². The molecule has 0 radical (unpaired) electrons. The fraction of sp³-hybridized carbons (Fsp3) is 0.105. The summed E-state index contributed by atoms with van der Waals surface area (Å²) in [6.07, 6.45) is 3.20. The average molecular weight is 307 g/mol. The maximum Gasteiger partial charge on any atom is 0.191 e. The smallest absolute Gasteiger partial charge is 0.191 e. The van der Waals surface area contributed by atoms with Gasteiger partial charge in [0.2, 0.25) is 0 Å². The fourth-order valence-corrected chi connectivity index (χ4v) is 3.11. The van der Waals surface area contributed by atoms with Gasteiger partial charge in [0, 0.05) is 22.2 Å². The van der Waals surface area contributed by atoms with Crippen LogP contribution in [-0.2, 0) is 6.42 Å². The Morgan fingerprint density at radius 3 is 2.65 bits per heavy atom. The highest BCUT2D eigenvalue weighted by molar-refractivity contribution is 6.19. The molecule has 2 N–H and O–H groups in total. The predicted molar refractivity (Wildman–Crippen MR) is 87.0 cm³/mol. The van der Waals surface area contributed by atoms with E-state index in [-0.39, 0.29) is 17.3 Å². The van der Waals surface area contributed by atoms with Crippen LogP contribution in [-0.4, -0.2) is 15.9 Å². The number of nitrogens with one attached hydrogen (secondary N) is 1. The summed E-state index contributed by atoms with van der Waals surface area (Å²) in [5.74, 6) is -0.213. The molecular weight excluding hydrogens is 293 g/mol. The molecule has 0 unspecified atom stereocenters. The first kappa shape index (κ1) is 13.8. The molecule has 0 saturated heterocycles. The van der Waals surface area contributed by atoms with Crippen molar-refractivity contribution in [1.29, 1.82) is 0 Å². The Labute approximate surface area is 132 Å². The molecule has 0 amide bonds. The molecule has 0 saturated carbocycles. The second-order valence-corrected chi connectivity index (χ2v) is 5.76. The van der Waals surface area contributed by atoms with Crippen molar-refractivity contribution in [2.24, 2.45) is 0 Å². The van der Waals surface area contributed by atoms with Gasteiger partial charge in [-0.2, -0.15) is 0 Å². The molecule has 3 aromatic rings. The number of Topliss-reactive ketones (excluding diaryl/α,β-unsaturated/α-hetero) is 1. The Balaban J connectivity index is 1.81. The van der Waals surface area contributed by atoms with Crippen molar-refractivity contribution in [1.82, 2.24) is 4.98 Å². The van der Waals surface area contributed by atoms with Gasteiger partial charge in [-0.15, -0.1) is 0 Å². The maximum atomic E-state index is 13.5. The van der Waals surface area contributed by atoms with Crippen molar-refractivity contribution < 1.29 is 14.3 Å². The molecule has 3 nitrogen and oxygen atoms in total. The van der Waals surface area contributed by atoms with E-state index in [0.29, 0.717) is 22.9 Å². The Morgan fingerprint density at radius 1 is 1.09 bits per heavy atom. The van der Waals surface area contributed by atoms with Crippen molar-refractivity contribution in [2.75, 3.05) is 0 Å². The molecule has 4 rings (SSSR count). The zero-order chi connectivity index (χ0) is 16.0. The summed E-state index contributed by atoms with van der Waals surface area (Å²) in [6.45, 7) is 0. The van der Waals surface area contributed by atoms with Gasteiger partial charge in [0.1, 0.15) is 11.6 Å². The van der Waals surface area contributed by atoms with Crippen LogP contribution in [0.1, 0.15) is 28.0 Å². The number of allylic oxidation sites excluding steroid dienone is 1. The molecule has 1 aliphatic carbocycles. The van der Waals surface area contributed by atoms with E-state index in [9.17, 15) is 14.3 Å². The first-order valence-electron chi connectivity index (χ1n) is 7.46. The number of carbonyl (C=O) groups excluding carboxylic acids is 1. The number of halogens is 1. The predicted octanol–water partition coefficient (Wildman–Crippen LogP) is 4.23. The van der Waals surface area contributed by atoms with E-state index in [0.717, 1.165) is 23.2 Å². The number of hydrogen-bond donors (Lipinski definition) is 2. The quantitative estimate of drug-likeness (QED) is 0.661. The number of aromatic nitrogens is 1. The van der Waals surface area contributed by atoms with Gasteiger partial charge in [-0.05, 0) is 54.8 Å². The SMILES string of the molecule is O=C1C(=Cc2ccc(O)cc2)CCc2[nH]c3ccc(F)cc3c21. The van der Waals surface area contributed by atoms with Crippen LogP contribution in [0.25, 0.3) is 17.0 Å². The summed E-state index contributed by atoms with van der Waals surface area (Å²) < 4.78 is 13.5. The van der Waals surface area contributed by atoms with Gasteiger partial charge in [0.05, 0.1) is 5.56 Å². The molecule has 0 aliphatic heterocycles. The minimum Gasteiger partial charge on any atom is -0.508 e. The number of phenolic OH excluding ortho intramolecular Hbond substituents is 1. The molecule has 0 bridgehead atoms. The third kappa shape index (κ3) is 2.32. The summed E-state index contributed by atoms with van der Waals surface area (Å²) in [6, 6.07) is 11.2. The van der Waals surface area contributed by atoms with Crippen LogP contribution in [0.2, 0.25) is 0 Å². The number of ketones is 1. The number of aromatic amines is 1. The second kappa shape index (κ2) is 5.09. The number of hydrogen-bond acceptors (Lipinski definition) is 2. The van der Waals surface area contributed by atoms with E-state index in [1.807, 2.05) is 6.08 Å². The third-order valence-electron chi connectivity index (χ3n) is 4.24. The van der Waals surface area contributed by atoms with Crippen LogP contribution in [0.15, 0.2) is 48.0 Å². The molecule has 0 spiro atoms. The molecule has 2 aromatic carbocycles. The minimum atomic E-state index is -0.346. The zero-order valence-corrected chi connectivity index (χ0v) is 12.3. The highest BCUT2D eigenvalue weighted by atomic mass is 19.1. The molecule has 23 heavy (non-hydrogen) atoms. The number of aromatic hydroxyl groups is 1. The van der Waals surface area contributed by atoms with Crippen LogP contribution in [0.5, 0.6) is 5.75 Å². The Morgan fingerprint density at radius 2 is 1.87 bits per heavy atom. The van der Waals surface area contributed by atoms with E-state index in [1.165, 1.54) is 12.1 Å². The van der Waals surface area contributed by atoms with Crippen molar-refractivity contribution in [2.45, 2.75) is 12.8 Å². The second-order valence-electron chi connectivity index (χ2n) is 5.76. The van der Waals surface area contributed by atoms with E-state index >= 15 is 0 Å². The van der Waals surface area contributed by atoms with E-state index in [2.05, 4.69) is 4.98 Å². The van der Waals surface area contributed by atoms with Gasteiger partial charge < -0.3 is 10.1 Å². The van der Waals surface area contributed by atoms with Gasteiger partial charge in [-0.3, -0.25) is 4.79 Å². The Bertz CT molecular complexity index is 951. The summed E-state index contributed by atoms with van der Waals surface area (Å²) in [4.78, 5) is 16.0. The van der Waals surface area contributed by atoms with Gasteiger partial charge in [0.25, 0.3) is 0 Å². The summed E-state index contributed by atoms with van der Waals surface area (Å²) in [5.41, 5.74) is 3.80. The van der Waals surface area contributed by atoms with Gasteiger partial charge in [-0.25, -0.2) is 4.39 Å². The number of phenols is 1. The number of rotatable bonds is 1. The first-order valence-corrected chi connectivity index (χ1v) is 7.46. The maximum absolute atomic E-state index is 13.5. The first-order chi connectivity index (χ1) is 11.1. The van der Waals surface area contributed by atoms with Crippen LogP contribution in [0, 0.1) is 5.82 Å². The highest BCUT2D eigenvalue weighted by Gasteiger charge is 2.26. The van der Waals surface area contributed by atoms with Crippen LogP contribution >= 0.6 is 0 Å². The summed E-state index contributed by atoms with van der Waals surface area (Å²) in [5, 5.41) is 9.97. The number of fused-ring (bicyclic) bond motifs is 3. The summed E-state index contributed by atoms with van der Waals surface area (Å²) in [7, 11) is 0. The van der Waals surface area contributed by atoms with Crippen LogP contribution in [0.4, 0.5) is 4.39 Å². The zero-order valence-electron chi connectivity index (χ0n) is 12.3. The number of benzene rings is 2. The molecule has 0 atom stereocenters. The largest absolute Gasteiger partial charge is 0.508 e. The molecular formula is C19H14FNO2. The van der Waals surface area contributed by atoms with E-state index in [1.54, 1.807) is 30.3 Å². The van der Waals surface area contributed by atoms with E-state index < -0.39 is 0 Å². The third-order valence-corrected chi connectivity index (χ3v) is 4.24. The highest BCUT2D eigenvalue weighted by Crippen LogP contribution is 2.32. The Hall–Kier alpha value is -2.88. The molecule has 1 heterocycles. The topological polar surface area (TPSA) is 53.1 Å². The number of H-pyrrole nitrogens is 1. The fourth-order valence-electron chi connectivity index (χ4n) is 3.11. The number of carbonyl (C=O) groups is 1. The normalized spacial score (nSPS) is 16.0. The van der Waals surface area contributed by atoms with Crippen molar-refractivity contribution in [3.05, 3.63) is 70.7 Å². The summed E-state index contributed by atoms with van der Waals surface area (Å²) >= 11 is 0. The van der Waals surface area contributed by atoms with Gasteiger partial charge in [-0.1, -0.05) is 12.1 Å². The lowest BCUT2D eigenvalue weighted by Gasteiger charge is -2.14. The molecule has 1 aromatic heterocycles. The lowest BCUT2D eigenvalue weighted by molar-refractivity contribution is 0.102. The molecule has 4 heteroatoms. The molecule has 1 aliphatic rings. The monoisotopic (exact) mass is 307 g/mol. The lowest BCUT2D eigenvalue weighted by Crippen LogP contribution is -2.13. The van der Waals surface area contributed by atoms with Gasteiger partial charge in [0.15, 0.2) is 5.78 Å². The molecule has 0 fully saturated rings. The van der Waals surface area contributed by atoms with Crippen molar-refractivity contribution in [3.8, 4) is 5.75 Å². The number of aryl methyl sites for hydroxylation is 1. The standard InChI is InChI=1S/C19H14FNO2/c20-13-4-8-16-15(10-13)18-17(21-16)7-3-12(19(18)23)9-11-1-5-14(22)6-2-11/h1-2,4-6,8-10,21-22H,3,7H2. The molecule has 114 valence electrons. The van der Waals surface area contributed by atoms with Crippen LogP contribution in [0.3, 0.4) is 0 Å². The average Bonchev–Trinajstić information content (AvgIpc) is 2.90. The lowest BCUT2D eigenvalue weighted by atomic mass is 9.88. The van der Waals surface area contributed by atoms with Gasteiger partial charge >= 0.3 is 0 Å².